The summed E-state index contributed by atoms with van der Waals surface area (Å²) in [5.74, 6) is 0.860. The molecule has 0 amide bonds. The Bertz CT molecular complexity index is 1210. The lowest BCUT2D eigenvalue weighted by molar-refractivity contribution is 0.623. The first kappa shape index (κ1) is 20.4. The molecule has 0 saturated carbocycles. The Balaban J connectivity index is 0.00000218. The second-order valence-electron chi connectivity index (χ2n) is 7.90. The van der Waals surface area contributed by atoms with Gasteiger partial charge in [-0.15, -0.1) is 12.4 Å². The van der Waals surface area contributed by atoms with Gasteiger partial charge in [-0.2, -0.15) is 0 Å². The van der Waals surface area contributed by atoms with E-state index in [-0.39, 0.29) is 18.2 Å². The first-order chi connectivity index (χ1) is 14.1. The molecule has 4 aromatic rings. The highest BCUT2D eigenvalue weighted by Crippen LogP contribution is 2.34. The van der Waals surface area contributed by atoms with E-state index in [0.29, 0.717) is 6.54 Å². The normalized spacial score (nSPS) is 13.2. The van der Waals surface area contributed by atoms with Crippen LogP contribution in [-0.2, 0) is 19.5 Å². The average Bonchev–Trinajstić information content (AvgIpc) is 2.98. The first-order valence-corrected chi connectivity index (χ1v) is 10.1. The molecule has 0 N–H and O–H groups in total. The molecule has 0 spiro atoms. The van der Waals surface area contributed by atoms with Crippen molar-refractivity contribution in [1.82, 2.24) is 9.55 Å². The average molecular weight is 422 g/mol. The van der Waals surface area contributed by atoms with Crippen LogP contribution in [0.4, 0.5) is 10.2 Å². The zero-order valence-corrected chi connectivity index (χ0v) is 18.0. The van der Waals surface area contributed by atoms with Crippen molar-refractivity contribution in [3.63, 3.8) is 0 Å². The largest absolute Gasteiger partial charge is 0.351 e. The lowest BCUT2D eigenvalue weighted by atomic mass is 9.99. The van der Waals surface area contributed by atoms with Crippen molar-refractivity contribution < 1.29 is 4.39 Å². The molecule has 0 fully saturated rings. The fourth-order valence-electron chi connectivity index (χ4n) is 4.53. The third-order valence-corrected chi connectivity index (χ3v) is 6.18. The molecule has 5 heteroatoms. The van der Waals surface area contributed by atoms with Crippen molar-refractivity contribution in [1.29, 1.82) is 0 Å². The number of nitrogens with zero attached hydrogens (tertiary/aromatic N) is 3. The van der Waals surface area contributed by atoms with Gasteiger partial charge in [-0.25, -0.2) is 9.37 Å². The van der Waals surface area contributed by atoms with Crippen LogP contribution >= 0.6 is 12.4 Å². The third-order valence-electron chi connectivity index (χ3n) is 6.18. The fraction of sp³-hybridized carbons (Fsp3) is 0.240. The van der Waals surface area contributed by atoms with Gasteiger partial charge in [-0.1, -0.05) is 36.4 Å². The van der Waals surface area contributed by atoms with E-state index in [2.05, 4.69) is 53.6 Å². The molecule has 0 unspecified atom stereocenters. The summed E-state index contributed by atoms with van der Waals surface area (Å²) < 4.78 is 16.0. The maximum Gasteiger partial charge on any atom is 0.138 e. The van der Waals surface area contributed by atoms with E-state index in [0.717, 1.165) is 36.4 Å². The van der Waals surface area contributed by atoms with Crippen molar-refractivity contribution in [3.8, 4) is 0 Å². The summed E-state index contributed by atoms with van der Waals surface area (Å²) in [5, 5.41) is 1.21. The van der Waals surface area contributed by atoms with E-state index in [1.807, 2.05) is 12.3 Å². The molecule has 5 rings (SSSR count). The minimum atomic E-state index is -0.192. The van der Waals surface area contributed by atoms with E-state index in [9.17, 15) is 4.39 Å². The van der Waals surface area contributed by atoms with Crippen molar-refractivity contribution in [3.05, 3.63) is 94.6 Å². The maximum atomic E-state index is 13.7. The van der Waals surface area contributed by atoms with Gasteiger partial charge in [0.1, 0.15) is 11.6 Å². The predicted octanol–water partition coefficient (Wildman–Crippen LogP) is 5.83. The molecule has 0 aliphatic carbocycles. The standard InChI is InChI=1S/C25H24FN3.ClH/c1-17-18(2)29(15-19-6-5-9-22(26)14-19)23-10-12-27-25(24(17)23)28-13-11-20-7-3-4-8-21(20)16-28;/h3-10,12,14H,11,13,15-16H2,1-2H3;1H. The smallest absolute Gasteiger partial charge is 0.138 e. The number of halogens is 2. The minimum absolute atomic E-state index is 0. The van der Waals surface area contributed by atoms with E-state index < -0.39 is 0 Å². The highest BCUT2D eigenvalue weighted by molar-refractivity contribution is 5.95. The Labute approximate surface area is 182 Å². The van der Waals surface area contributed by atoms with E-state index in [1.165, 1.54) is 33.8 Å². The summed E-state index contributed by atoms with van der Waals surface area (Å²) in [6.07, 6.45) is 2.94. The van der Waals surface area contributed by atoms with Gasteiger partial charge in [0, 0.05) is 36.9 Å². The van der Waals surface area contributed by atoms with E-state index in [1.54, 1.807) is 12.1 Å². The molecule has 3 nitrogen and oxygen atoms in total. The molecule has 1 aliphatic heterocycles. The van der Waals surface area contributed by atoms with Gasteiger partial charge in [-0.3, -0.25) is 0 Å². The van der Waals surface area contributed by atoms with Gasteiger partial charge in [0.15, 0.2) is 0 Å². The lowest BCUT2D eigenvalue weighted by Gasteiger charge is -2.30. The van der Waals surface area contributed by atoms with Crippen molar-refractivity contribution >= 4 is 29.1 Å². The fourth-order valence-corrected chi connectivity index (χ4v) is 4.53. The van der Waals surface area contributed by atoms with Gasteiger partial charge in [-0.05, 0) is 60.7 Å². The summed E-state index contributed by atoms with van der Waals surface area (Å²) in [6, 6.07) is 17.6. The van der Waals surface area contributed by atoms with Crippen LogP contribution < -0.4 is 4.90 Å². The Morgan fingerprint density at radius 2 is 1.80 bits per heavy atom. The van der Waals surface area contributed by atoms with Gasteiger partial charge in [0.05, 0.1) is 5.52 Å². The monoisotopic (exact) mass is 421 g/mol. The molecule has 0 saturated heterocycles. The quantitative estimate of drug-likeness (QED) is 0.415. The number of aryl methyl sites for hydroxylation is 1. The van der Waals surface area contributed by atoms with Crippen molar-refractivity contribution in [2.45, 2.75) is 33.4 Å². The number of hydrogen-bond acceptors (Lipinski definition) is 2. The Kier molecular flexibility index (Phi) is 5.52. The van der Waals surface area contributed by atoms with Crippen LogP contribution in [0, 0.1) is 19.7 Å². The van der Waals surface area contributed by atoms with Crippen LogP contribution in [0.3, 0.4) is 0 Å². The second-order valence-corrected chi connectivity index (χ2v) is 7.90. The topological polar surface area (TPSA) is 21.1 Å². The Morgan fingerprint density at radius 3 is 2.60 bits per heavy atom. The first-order valence-electron chi connectivity index (χ1n) is 10.1. The highest BCUT2D eigenvalue weighted by Gasteiger charge is 2.22. The van der Waals surface area contributed by atoms with E-state index >= 15 is 0 Å². The second kappa shape index (κ2) is 8.11. The van der Waals surface area contributed by atoms with Crippen LogP contribution in [0.2, 0.25) is 0 Å². The summed E-state index contributed by atoms with van der Waals surface area (Å²) >= 11 is 0. The number of aromatic nitrogens is 2. The van der Waals surface area contributed by atoms with Crippen molar-refractivity contribution in [2.24, 2.45) is 0 Å². The van der Waals surface area contributed by atoms with E-state index in [4.69, 9.17) is 4.98 Å². The molecule has 30 heavy (non-hydrogen) atoms. The zero-order chi connectivity index (χ0) is 20.0. The number of rotatable bonds is 3. The van der Waals surface area contributed by atoms with Crippen LogP contribution in [0.1, 0.15) is 27.9 Å². The van der Waals surface area contributed by atoms with Gasteiger partial charge < -0.3 is 9.47 Å². The number of pyridine rings is 1. The van der Waals surface area contributed by atoms with Crippen LogP contribution in [0.5, 0.6) is 0 Å². The number of benzene rings is 2. The third kappa shape index (κ3) is 3.46. The summed E-state index contributed by atoms with van der Waals surface area (Å²) in [6.45, 7) is 6.82. The number of fused-ring (bicyclic) bond motifs is 2. The van der Waals surface area contributed by atoms with Gasteiger partial charge >= 0.3 is 0 Å². The van der Waals surface area contributed by atoms with Gasteiger partial charge in [0.2, 0.25) is 0 Å². The SMILES string of the molecule is Cc1c(C)n(Cc2cccc(F)c2)c2ccnc(N3CCc4ccccc4C3)c12.Cl. The summed E-state index contributed by atoms with van der Waals surface area (Å²) in [4.78, 5) is 7.18. The lowest BCUT2D eigenvalue weighted by Crippen LogP contribution is -2.31. The molecule has 154 valence electrons. The zero-order valence-electron chi connectivity index (χ0n) is 17.2. The summed E-state index contributed by atoms with van der Waals surface area (Å²) in [5.41, 5.74) is 7.40. The summed E-state index contributed by atoms with van der Waals surface area (Å²) in [7, 11) is 0. The van der Waals surface area contributed by atoms with Crippen LogP contribution in [-0.4, -0.2) is 16.1 Å². The molecule has 0 bridgehead atoms. The minimum Gasteiger partial charge on any atom is -0.351 e. The highest BCUT2D eigenvalue weighted by atomic mass is 35.5. The van der Waals surface area contributed by atoms with Crippen LogP contribution in [0.15, 0.2) is 60.8 Å². The molecule has 2 aromatic heterocycles. The van der Waals surface area contributed by atoms with Gasteiger partial charge in [0.25, 0.3) is 0 Å². The molecule has 0 atom stereocenters. The molecule has 3 heterocycles. The molecular formula is C25H25ClFN3. The van der Waals surface area contributed by atoms with Crippen molar-refractivity contribution in [2.75, 3.05) is 11.4 Å². The Morgan fingerprint density at radius 1 is 1.00 bits per heavy atom. The molecule has 0 radical (unpaired) electrons. The molecule has 1 aliphatic rings. The predicted molar refractivity (Wildman–Crippen MR) is 123 cm³/mol. The number of hydrogen-bond donors (Lipinski definition) is 0. The maximum absolute atomic E-state index is 13.7. The molecule has 2 aromatic carbocycles. The number of anilines is 1. The Hall–Kier alpha value is -2.85. The molecular weight excluding hydrogens is 397 g/mol. The van der Waals surface area contributed by atoms with Crippen LogP contribution in [0.25, 0.3) is 10.9 Å².